The van der Waals surface area contributed by atoms with E-state index in [2.05, 4.69) is 15.2 Å². The number of methoxy groups -OCH3 is 1. The van der Waals surface area contributed by atoms with Crippen molar-refractivity contribution in [2.24, 2.45) is 0 Å². The molecule has 1 aromatic rings. The van der Waals surface area contributed by atoms with Crippen LogP contribution in [0.25, 0.3) is 0 Å². The molecule has 1 rings (SSSR count). The largest absolute Gasteiger partial charge is 0.468 e. The van der Waals surface area contributed by atoms with E-state index in [1.165, 1.54) is 25.1 Å². The molecule has 2 atom stereocenters. The van der Waals surface area contributed by atoms with Crippen LogP contribution in [0, 0.1) is 0 Å². The lowest BCUT2D eigenvalue weighted by Crippen LogP contribution is -2.33. The summed E-state index contributed by atoms with van der Waals surface area (Å²) in [5.41, 5.74) is -0.216. The van der Waals surface area contributed by atoms with Crippen molar-refractivity contribution in [1.29, 1.82) is 0 Å². The highest BCUT2D eigenvalue weighted by Gasteiger charge is 2.18. The minimum atomic E-state index is -0.586. The van der Waals surface area contributed by atoms with E-state index in [0.717, 1.165) is 4.68 Å². The fourth-order valence-electron chi connectivity index (χ4n) is 1.64. The van der Waals surface area contributed by atoms with Crippen molar-refractivity contribution >= 4 is 35.0 Å². The summed E-state index contributed by atoms with van der Waals surface area (Å²) in [7, 11) is 1.23. The lowest BCUT2D eigenvalue weighted by atomic mass is 10.2. The maximum atomic E-state index is 12.0. The lowest BCUT2D eigenvalue weighted by molar-refractivity contribution is -0.141. The minimum absolute atomic E-state index is 0.000211. The van der Waals surface area contributed by atoms with Crippen LogP contribution < -0.4 is 10.9 Å². The highest BCUT2D eigenvalue weighted by Crippen LogP contribution is 2.20. The number of thioether (sulfide) groups is 1. The van der Waals surface area contributed by atoms with Gasteiger partial charge in [-0.15, -0.1) is 0 Å². The number of rotatable bonds is 7. The second kappa shape index (κ2) is 8.26. The Hall–Kier alpha value is -1.25. The quantitative estimate of drug-likeness (QED) is 0.704. The van der Waals surface area contributed by atoms with E-state index in [-0.39, 0.29) is 29.5 Å². The Balaban J connectivity index is 2.94. The fourth-order valence-corrected chi connectivity index (χ4v) is 2.47. The molecule has 0 radical (unpaired) electrons. The Morgan fingerprint density at radius 1 is 1.67 bits per heavy atom. The number of hydrogen-bond acceptors (Lipinski definition) is 7. The second-order valence-corrected chi connectivity index (χ2v) is 5.76. The van der Waals surface area contributed by atoms with Crippen LogP contribution in [0.5, 0.6) is 0 Å². The molecular weight excluding hydrogens is 318 g/mol. The molecule has 9 heteroatoms. The van der Waals surface area contributed by atoms with E-state index in [1.807, 2.05) is 13.2 Å². The molecular formula is C12H18ClN3O4S. The monoisotopic (exact) mass is 335 g/mol. The molecule has 1 heterocycles. The first-order valence-corrected chi connectivity index (χ1v) is 7.83. The van der Waals surface area contributed by atoms with Gasteiger partial charge in [0.05, 0.1) is 25.6 Å². The minimum Gasteiger partial charge on any atom is -0.468 e. The van der Waals surface area contributed by atoms with Crippen LogP contribution in [0.1, 0.15) is 6.92 Å². The number of aliphatic hydroxyl groups excluding tert-OH is 1. The number of halogens is 1. The number of carbonyl (C=O) groups excluding carboxylic acids is 1. The smallest absolute Gasteiger partial charge is 0.327 e. The number of nitrogens with one attached hydrogen (secondary N) is 1. The molecule has 0 spiro atoms. The van der Waals surface area contributed by atoms with Gasteiger partial charge in [0.15, 0.2) is 0 Å². The Morgan fingerprint density at radius 2 is 2.33 bits per heavy atom. The zero-order chi connectivity index (χ0) is 16.0. The third-order valence-corrected chi connectivity index (χ3v) is 4.44. The first-order valence-electron chi connectivity index (χ1n) is 6.17. The van der Waals surface area contributed by atoms with Gasteiger partial charge in [-0.3, -0.25) is 9.59 Å². The van der Waals surface area contributed by atoms with Crippen molar-refractivity contribution < 1.29 is 14.6 Å². The van der Waals surface area contributed by atoms with Crippen LogP contribution in [0.4, 0.5) is 5.69 Å². The highest BCUT2D eigenvalue weighted by molar-refractivity contribution is 7.99. The van der Waals surface area contributed by atoms with Crippen LogP contribution in [0.3, 0.4) is 0 Å². The van der Waals surface area contributed by atoms with Gasteiger partial charge in [-0.25, -0.2) is 4.68 Å². The molecule has 1 aromatic heterocycles. The summed E-state index contributed by atoms with van der Waals surface area (Å²) in [6.45, 7) is 1.57. The Morgan fingerprint density at radius 3 is 2.86 bits per heavy atom. The van der Waals surface area contributed by atoms with Crippen molar-refractivity contribution in [3.8, 4) is 0 Å². The van der Waals surface area contributed by atoms with Gasteiger partial charge in [-0.1, -0.05) is 11.6 Å². The average molecular weight is 336 g/mol. The Bertz CT molecular complexity index is 548. The van der Waals surface area contributed by atoms with Crippen LogP contribution >= 0.6 is 23.4 Å². The van der Waals surface area contributed by atoms with Crippen molar-refractivity contribution in [3.05, 3.63) is 21.6 Å². The molecule has 2 N–H and O–H groups in total. The standard InChI is InChI=1S/C12H18ClN3O4S/c1-7(9(6-17)21-3)15-8-4-14-16(5-10(18)20-2)12(19)11(8)13/h4,7,9,15,17H,5-6H2,1-3H3. The SMILES string of the molecule is COC(=O)Cn1ncc(NC(C)C(CO)SC)c(Cl)c1=O. The number of aliphatic hydroxyl groups is 1. The van der Waals surface area contributed by atoms with E-state index in [0.29, 0.717) is 5.69 Å². The molecule has 0 aliphatic carbocycles. The van der Waals surface area contributed by atoms with Crippen LogP contribution in [-0.2, 0) is 16.1 Å². The van der Waals surface area contributed by atoms with Gasteiger partial charge in [-0.05, 0) is 13.2 Å². The van der Waals surface area contributed by atoms with Gasteiger partial charge in [-0.2, -0.15) is 16.9 Å². The normalized spacial score (nSPS) is 13.6. The number of carbonyl (C=O) groups is 1. The molecule has 7 nitrogen and oxygen atoms in total. The molecule has 21 heavy (non-hydrogen) atoms. The summed E-state index contributed by atoms with van der Waals surface area (Å²) in [5, 5.41) is 16.1. The zero-order valence-corrected chi connectivity index (χ0v) is 13.6. The molecule has 0 amide bonds. The fraction of sp³-hybridized carbons (Fsp3) is 0.583. The zero-order valence-electron chi connectivity index (χ0n) is 12.0. The third kappa shape index (κ3) is 4.62. The molecule has 0 bridgehead atoms. The van der Waals surface area contributed by atoms with Gasteiger partial charge in [0.2, 0.25) is 0 Å². The average Bonchev–Trinajstić information content (AvgIpc) is 2.48. The van der Waals surface area contributed by atoms with Gasteiger partial charge in [0.1, 0.15) is 11.6 Å². The molecule has 0 fully saturated rings. The summed E-state index contributed by atoms with van der Waals surface area (Å²) in [5.74, 6) is -0.586. The second-order valence-electron chi connectivity index (χ2n) is 4.30. The molecule has 0 saturated carbocycles. The predicted octanol–water partition coefficient (Wildman–Crippen LogP) is 0.594. The number of anilines is 1. The molecule has 0 aliphatic rings. The van der Waals surface area contributed by atoms with Crippen molar-refractivity contribution in [1.82, 2.24) is 9.78 Å². The van der Waals surface area contributed by atoms with E-state index < -0.39 is 11.5 Å². The third-order valence-electron chi connectivity index (χ3n) is 2.91. The van der Waals surface area contributed by atoms with Gasteiger partial charge >= 0.3 is 5.97 Å². The molecule has 0 aromatic carbocycles. The summed E-state index contributed by atoms with van der Waals surface area (Å²) in [6, 6.07) is -0.111. The molecule has 2 unspecified atom stereocenters. The first kappa shape index (κ1) is 17.8. The first-order chi connectivity index (χ1) is 9.94. The highest BCUT2D eigenvalue weighted by atomic mass is 35.5. The van der Waals surface area contributed by atoms with Crippen LogP contribution in [0.15, 0.2) is 11.0 Å². The van der Waals surface area contributed by atoms with Gasteiger partial charge in [0, 0.05) is 11.3 Å². The molecule has 0 aliphatic heterocycles. The van der Waals surface area contributed by atoms with Crippen molar-refractivity contribution in [2.75, 3.05) is 25.3 Å². The van der Waals surface area contributed by atoms with Gasteiger partial charge < -0.3 is 15.2 Å². The van der Waals surface area contributed by atoms with Crippen molar-refractivity contribution in [2.45, 2.75) is 24.8 Å². The van der Waals surface area contributed by atoms with Crippen molar-refractivity contribution in [3.63, 3.8) is 0 Å². The van der Waals surface area contributed by atoms with E-state index in [9.17, 15) is 14.7 Å². The molecule has 0 saturated heterocycles. The maximum absolute atomic E-state index is 12.0. The number of esters is 1. The maximum Gasteiger partial charge on any atom is 0.327 e. The van der Waals surface area contributed by atoms with Gasteiger partial charge in [0.25, 0.3) is 5.56 Å². The number of ether oxygens (including phenoxy) is 1. The Kier molecular flexibility index (Phi) is 7.00. The predicted molar refractivity (Wildman–Crippen MR) is 83.0 cm³/mol. The van der Waals surface area contributed by atoms with E-state index in [1.54, 1.807) is 0 Å². The molecule has 118 valence electrons. The summed E-state index contributed by atoms with van der Waals surface area (Å²) in [4.78, 5) is 23.2. The van der Waals surface area contributed by atoms with Crippen LogP contribution in [-0.4, -0.2) is 52.1 Å². The van der Waals surface area contributed by atoms with Crippen LogP contribution in [0.2, 0.25) is 5.02 Å². The topological polar surface area (TPSA) is 93.5 Å². The Labute approximate surface area is 131 Å². The van der Waals surface area contributed by atoms with E-state index in [4.69, 9.17) is 11.6 Å². The summed E-state index contributed by atoms with van der Waals surface area (Å²) < 4.78 is 5.41. The number of hydrogen-bond donors (Lipinski definition) is 2. The lowest BCUT2D eigenvalue weighted by Gasteiger charge is -2.22. The summed E-state index contributed by atoms with van der Waals surface area (Å²) in [6.07, 6.45) is 3.26. The number of nitrogens with zero attached hydrogens (tertiary/aromatic N) is 2. The van der Waals surface area contributed by atoms with E-state index >= 15 is 0 Å². The number of aromatic nitrogens is 2. The summed E-state index contributed by atoms with van der Waals surface area (Å²) >= 11 is 7.50.